The molecule has 0 unspecified atom stereocenters. The van der Waals surface area contributed by atoms with Crippen LogP contribution in [0, 0.1) is 11.8 Å². The third kappa shape index (κ3) is 6.19. The minimum atomic E-state index is -4.58. The van der Waals surface area contributed by atoms with Gasteiger partial charge < -0.3 is 10.6 Å². The second-order valence-corrected chi connectivity index (χ2v) is 10.2. The molecule has 9 nitrogen and oxygen atoms in total. The van der Waals surface area contributed by atoms with E-state index in [-0.39, 0.29) is 16.3 Å². The van der Waals surface area contributed by atoms with E-state index in [0.29, 0.717) is 28.3 Å². The van der Waals surface area contributed by atoms with Crippen LogP contribution in [0.1, 0.15) is 27.2 Å². The molecule has 41 heavy (non-hydrogen) atoms. The minimum absolute atomic E-state index is 0.0142. The molecule has 0 spiro atoms. The lowest BCUT2D eigenvalue weighted by molar-refractivity contribution is -0.137. The maximum atomic E-state index is 13.0. The van der Waals surface area contributed by atoms with Crippen molar-refractivity contribution in [1.82, 2.24) is 14.4 Å². The molecule has 2 aromatic carbocycles. The van der Waals surface area contributed by atoms with Gasteiger partial charge in [-0.25, -0.2) is 23.5 Å². The number of primary sulfonamides is 1. The number of imidazole rings is 1. The Kier molecular flexibility index (Phi) is 7.19. The van der Waals surface area contributed by atoms with Crippen LogP contribution in [-0.2, 0) is 16.2 Å². The Morgan fingerprint density at radius 3 is 2.44 bits per heavy atom. The zero-order valence-corrected chi connectivity index (χ0v) is 21.7. The first-order valence-corrected chi connectivity index (χ1v) is 13.4. The normalized spacial score (nSPS) is 11.5. The van der Waals surface area contributed by atoms with E-state index in [2.05, 4.69) is 32.4 Å². The maximum Gasteiger partial charge on any atom is 0.416 e. The van der Waals surface area contributed by atoms with E-state index in [9.17, 15) is 26.4 Å². The van der Waals surface area contributed by atoms with Gasteiger partial charge in [0.2, 0.25) is 10.0 Å². The number of sulfonamides is 1. The van der Waals surface area contributed by atoms with Gasteiger partial charge in [0.15, 0.2) is 5.65 Å². The van der Waals surface area contributed by atoms with Crippen LogP contribution in [-0.4, -0.2) is 28.7 Å². The van der Waals surface area contributed by atoms with E-state index in [1.807, 2.05) is 0 Å². The monoisotopic (exact) mass is 576 g/mol. The fourth-order valence-corrected chi connectivity index (χ4v) is 4.38. The molecule has 0 bridgehead atoms. The Balaban J connectivity index is 1.39. The van der Waals surface area contributed by atoms with Crippen molar-refractivity contribution in [1.29, 1.82) is 0 Å². The number of hydrogen-bond acceptors (Lipinski definition) is 6. The van der Waals surface area contributed by atoms with E-state index < -0.39 is 27.7 Å². The largest absolute Gasteiger partial charge is 0.416 e. The number of carbonyl (C=O) groups is 1. The van der Waals surface area contributed by atoms with Gasteiger partial charge in [0.1, 0.15) is 11.5 Å². The third-order valence-corrected chi connectivity index (χ3v) is 6.75. The van der Waals surface area contributed by atoms with Crippen molar-refractivity contribution in [2.75, 3.05) is 10.6 Å². The number of amides is 1. The first-order valence-electron chi connectivity index (χ1n) is 11.8. The van der Waals surface area contributed by atoms with Crippen LogP contribution >= 0.6 is 0 Å². The summed E-state index contributed by atoms with van der Waals surface area (Å²) < 4.78 is 63.8. The zero-order chi connectivity index (χ0) is 29.2. The van der Waals surface area contributed by atoms with Crippen LogP contribution in [0.3, 0.4) is 0 Å². The molecule has 3 aromatic heterocycles. The highest BCUT2D eigenvalue weighted by molar-refractivity contribution is 7.89. The number of aromatic nitrogens is 3. The summed E-state index contributed by atoms with van der Waals surface area (Å²) in [7, 11) is -3.81. The molecule has 0 saturated carbocycles. The molecule has 0 aliphatic rings. The van der Waals surface area contributed by atoms with Crippen molar-refractivity contribution in [3.8, 4) is 11.8 Å². The summed E-state index contributed by atoms with van der Waals surface area (Å²) in [5, 5.41) is 10.7. The Hall–Kier alpha value is -5.19. The summed E-state index contributed by atoms with van der Waals surface area (Å²) in [6.45, 7) is 0. The highest BCUT2D eigenvalue weighted by atomic mass is 32.2. The van der Waals surface area contributed by atoms with Crippen molar-refractivity contribution >= 4 is 38.8 Å². The molecule has 1 amide bonds. The number of nitrogens with one attached hydrogen (secondary N) is 2. The smallest absolute Gasteiger partial charge is 0.352 e. The minimum Gasteiger partial charge on any atom is -0.352 e. The lowest BCUT2D eigenvalue weighted by Crippen LogP contribution is -2.15. The molecule has 206 valence electrons. The molecule has 0 aliphatic carbocycles. The molecule has 0 atom stereocenters. The van der Waals surface area contributed by atoms with Crippen LogP contribution in [0.15, 0.2) is 96.3 Å². The van der Waals surface area contributed by atoms with Crippen LogP contribution in [0.4, 0.5) is 30.4 Å². The SMILES string of the molecule is NS(=O)(=O)c1ccc(Nc2cccn3c(C#Cc4ccccc4C(=O)Nc4cc(C(F)(F)F)ccn4)cnc23)cc1. The Morgan fingerprint density at radius 1 is 0.951 bits per heavy atom. The molecular formula is C28H19F3N6O3S. The fourth-order valence-electron chi connectivity index (χ4n) is 3.86. The van der Waals surface area contributed by atoms with Gasteiger partial charge in [-0.2, -0.15) is 13.2 Å². The number of benzene rings is 2. The molecule has 5 rings (SSSR count). The number of hydrogen-bond donors (Lipinski definition) is 3. The average Bonchev–Trinajstić information content (AvgIpc) is 3.35. The van der Waals surface area contributed by atoms with Gasteiger partial charge >= 0.3 is 6.18 Å². The van der Waals surface area contributed by atoms with Crippen molar-refractivity contribution in [2.24, 2.45) is 5.14 Å². The van der Waals surface area contributed by atoms with Crippen molar-refractivity contribution in [2.45, 2.75) is 11.1 Å². The fraction of sp³-hybridized carbons (Fsp3) is 0.0357. The lowest BCUT2D eigenvalue weighted by atomic mass is 10.1. The number of pyridine rings is 2. The average molecular weight is 577 g/mol. The third-order valence-electron chi connectivity index (χ3n) is 5.82. The number of fused-ring (bicyclic) bond motifs is 1. The van der Waals surface area contributed by atoms with Gasteiger partial charge in [-0.1, -0.05) is 18.1 Å². The topological polar surface area (TPSA) is 131 Å². The van der Waals surface area contributed by atoms with Gasteiger partial charge in [0.25, 0.3) is 5.91 Å². The Bertz CT molecular complexity index is 1940. The molecule has 3 heterocycles. The molecule has 5 aromatic rings. The summed E-state index contributed by atoms with van der Waals surface area (Å²) in [4.78, 5) is 21.1. The molecule has 0 saturated heterocycles. The first-order chi connectivity index (χ1) is 19.5. The molecule has 4 N–H and O–H groups in total. The van der Waals surface area contributed by atoms with Crippen LogP contribution in [0.5, 0.6) is 0 Å². The van der Waals surface area contributed by atoms with Gasteiger partial charge in [-0.3, -0.25) is 9.20 Å². The van der Waals surface area contributed by atoms with E-state index in [1.165, 1.54) is 18.2 Å². The van der Waals surface area contributed by atoms with Crippen molar-refractivity contribution < 1.29 is 26.4 Å². The van der Waals surface area contributed by atoms with E-state index in [1.54, 1.807) is 59.3 Å². The Morgan fingerprint density at radius 2 is 1.71 bits per heavy atom. The van der Waals surface area contributed by atoms with Gasteiger partial charge in [-0.05, 0) is 66.6 Å². The lowest BCUT2D eigenvalue weighted by Gasteiger charge is -2.10. The maximum absolute atomic E-state index is 13.0. The summed E-state index contributed by atoms with van der Waals surface area (Å²) >= 11 is 0. The number of carbonyl (C=O) groups excluding carboxylic acids is 1. The molecular weight excluding hydrogens is 557 g/mol. The van der Waals surface area contributed by atoms with E-state index >= 15 is 0 Å². The van der Waals surface area contributed by atoms with Gasteiger partial charge in [0.05, 0.1) is 27.9 Å². The molecule has 0 radical (unpaired) electrons. The second-order valence-electron chi connectivity index (χ2n) is 8.63. The quantitative estimate of drug-likeness (QED) is 0.258. The number of halogens is 3. The highest BCUT2D eigenvalue weighted by Crippen LogP contribution is 2.30. The van der Waals surface area contributed by atoms with Crippen molar-refractivity contribution in [3.63, 3.8) is 0 Å². The second kappa shape index (κ2) is 10.8. The molecule has 0 fully saturated rings. The highest BCUT2D eigenvalue weighted by Gasteiger charge is 2.31. The number of anilines is 3. The predicted octanol–water partition coefficient (Wildman–Crippen LogP) is 4.79. The van der Waals surface area contributed by atoms with E-state index in [0.717, 1.165) is 18.3 Å². The zero-order valence-electron chi connectivity index (χ0n) is 20.8. The number of nitrogens with two attached hydrogens (primary N) is 1. The van der Waals surface area contributed by atoms with Gasteiger partial charge in [-0.15, -0.1) is 0 Å². The predicted molar refractivity (Wildman–Crippen MR) is 146 cm³/mol. The number of rotatable bonds is 5. The summed E-state index contributed by atoms with van der Waals surface area (Å²) in [6, 6.07) is 17.5. The van der Waals surface area contributed by atoms with Crippen LogP contribution in [0.2, 0.25) is 0 Å². The molecule has 13 heteroatoms. The number of nitrogens with zero attached hydrogens (tertiary/aromatic N) is 3. The number of alkyl halides is 3. The van der Waals surface area contributed by atoms with Crippen LogP contribution in [0.25, 0.3) is 5.65 Å². The van der Waals surface area contributed by atoms with Crippen molar-refractivity contribution in [3.05, 3.63) is 114 Å². The summed E-state index contributed by atoms with van der Waals surface area (Å²) in [5.74, 6) is 5.01. The standard InChI is InChI=1S/C28H19F3N6O3S/c29-28(30,31)19-13-14-33-25(16-19)36-27(38)23-5-2-1-4-18(23)7-10-21-17-34-26-24(6-3-15-37(21)26)35-20-8-11-22(12-9-20)41(32,39)40/h1-6,8-9,11-17,35H,(H2,32,39,40)(H,33,36,38). The Labute approximate surface area is 231 Å². The first kappa shape index (κ1) is 27.4. The van der Waals surface area contributed by atoms with Crippen LogP contribution < -0.4 is 15.8 Å². The van der Waals surface area contributed by atoms with E-state index in [4.69, 9.17) is 5.14 Å². The molecule has 0 aliphatic heterocycles. The summed E-state index contributed by atoms with van der Waals surface area (Å²) in [5.41, 5.74) is 1.83. The summed E-state index contributed by atoms with van der Waals surface area (Å²) in [6.07, 6.45) is -0.308. The van der Waals surface area contributed by atoms with Gasteiger partial charge in [0, 0.05) is 23.6 Å².